The Morgan fingerprint density at radius 1 is 1.26 bits per heavy atom. The van der Waals surface area contributed by atoms with E-state index in [2.05, 4.69) is 22.4 Å². The molecule has 0 atom stereocenters. The number of aromatic nitrogens is 2. The van der Waals surface area contributed by atoms with Crippen molar-refractivity contribution in [2.75, 3.05) is 6.54 Å². The molecule has 0 unspecified atom stereocenters. The first-order chi connectivity index (χ1) is 9.28. The molecule has 1 aromatic carbocycles. The first-order valence-electron chi connectivity index (χ1n) is 6.18. The summed E-state index contributed by atoms with van der Waals surface area (Å²) in [5.41, 5.74) is 1.06. The Kier molecular flexibility index (Phi) is 5.57. The molecule has 19 heavy (non-hydrogen) atoms. The standard InChI is InChI=1S/C13H16ClN3OS/c1-2-7-15-8-12-16-17-13(19-12)18-9-10-3-5-11(14)6-4-10/h3-6,15H,2,7-9H2,1H3. The van der Waals surface area contributed by atoms with Crippen molar-refractivity contribution in [3.05, 3.63) is 39.9 Å². The van der Waals surface area contributed by atoms with Crippen LogP contribution in [0.2, 0.25) is 5.02 Å². The van der Waals surface area contributed by atoms with Crippen LogP contribution < -0.4 is 10.1 Å². The highest BCUT2D eigenvalue weighted by molar-refractivity contribution is 7.13. The van der Waals surface area contributed by atoms with Crippen LogP contribution in [0.4, 0.5) is 0 Å². The number of halogens is 1. The van der Waals surface area contributed by atoms with Crippen molar-refractivity contribution in [3.63, 3.8) is 0 Å². The molecule has 0 radical (unpaired) electrons. The second kappa shape index (κ2) is 7.43. The zero-order valence-electron chi connectivity index (χ0n) is 10.7. The van der Waals surface area contributed by atoms with Gasteiger partial charge >= 0.3 is 0 Å². The third-order valence-electron chi connectivity index (χ3n) is 2.43. The van der Waals surface area contributed by atoms with E-state index in [0.717, 1.165) is 35.1 Å². The Morgan fingerprint density at radius 3 is 2.79 bits per heavy atom. The topological polar surface area (TPSA) is 47.0 Å². The van der Waals surface area contributed by atoms with Gasteiger partial charge in [-0.25, -0.2) is 0 Å². The van der Waals surface area contributed by atoms with Crippen molar-refractivity contribution in [1.82, 2.24) is 15.5 Å². The van der Waals surface area contributed by atoms with Gasteiger partial charge in [0.15, 0.2) is 0 Å². The van der Waals surface area contributed by atoms with E-state index in [1.165, 1.54) is 11.3 Å². The Hall–Kier alpha value is -1.17. The van der Waals surface area contributed by atoms with E-state index >= 15 is 0 Å². The molecule has 2 aromatic rings. The Morgan fingerprint density at radius 2 is 2.05 bits per heavy atom. The minimum absolute atomic E-state index is 0.480. The number of nitrogens with zero attached hydrogens (tertiary/aromatic N) is 2. The Bertz CT molecular complexity index is 501. The van der Waals surface area contributed by atoms with Crippen molar-refractivity contribution < 1.29 is 4.74 Å². The van der Waals surface area contributed by atoms with Gasteiger partial charge in [0.25, 0.3) is 5.19 Å². The van der Waals surface area contributed by atoms with Crippen molar-refractivity contribution >= 4 is 22.9 Å². The molecule has 0 aliphatic rings. The fourth-order valence-electron chi connectivity index (χ4n) is 1.47. The van der Waals surface area contributed by atoms with E-state index in [0.29, 0.717) is 11.8 Å². The molecular formula is C13H16ClN3OS. The number of nitrogens with one attached hydrogen (secondary N) is 1. The molecule has 0 amide bonds. The summed E-state index contributed by atoms with van der Waals surface area (Å²) in [6.45, 7) is 4.35. The summed E-state index contributed by atoms with van der Waals surface area (Å²) in [5, 5.41) is 13.6. The molecule has 1 heterocycles. The van der Waals surface area contributed by atoms with Crippen LogP contribution in [0.1, 0.15) is 23.9 Å². The van der Waals surface area contributed by atoms with E-state index in [9.17, 15) is 0 Å². The average Bonchev–Trinajstić information content (AvgIpc) is 2.86. The van der Waals surface area contributed by atoms with E-state index in [1.807, 2.05) is 24.3 Å². The van der Waals surface area contributed by atoms with Gasteiger partial charge in [-0.1, -0.05) is 47.1 Å². The molecular weight excluding hydrogens is 282 g/mol. The molecule has 1 N–H and O–H groups in total. The van der Waals surface area contributed by atoms with Crippen LogP contribution in [0.3, 0.4) is 0 Å². The van der Waals surface area contributed by atoms with E-state index in [4.69, 9.17) is 16.3 Å². The predicted octanol–water partition coefficient (Wildman–Crippen LogP) is 3.27. The quantitative estimate of drug-likeness (QED) is 0.797. The van der Waals surface area contributed by atoms with Gasteiger partial charge in [0.1, 0.15) is 11.6 Å². The summed E-state index contributed by atoms with van der Waals surface area (Å²) in [5.74, 6) is 0. The summed E-state index contributed by atoms with van der Waals surface area (Å²) in [4.78, 5) is 0. The molecule has 0 saturated heterocycles. The summed E-state index contributed by atoms with van der Waals surface area (Å²) < 4.78 is 5.59. The molecule has 2 rings (SSSR count). The molecule has 1 aromatic heterocycles. The Labute approximate surface area is 121 Å². The lowest BCUT2D eigenvalue weighted by atomic mass is 10.2. The highest BCUT2D eigenvalue weighted by Gasteiger charge is 2.05. The van der Waals surface area contributed by atoms with Crippen LogP contribution in [0.15, 0.2) is 24.3 Å². The lowest BCUT2D eigenvalue weighted by molar-refractivity contribution is 0.302. The van der Waals surface area contributed by atoms with E-state index in [-0.39, 0.29) is 0 Å². The SMILES string of the molecule is CCCNCc1nnc(OCc2ccc(Cl)cc2)s1. The Balaban J connectivity index is 1.81. The van der Waals surface area contributed by atoms with Crippen LogP contribution in [-0.4, -0.2) is 16.7 Å². The van der Waals surface area contributed by atoms with Gasteiger partial charge in [-0.15, -0.1) is 5.10 Å². The smallest absolute Gasteiger partial charge is 0.294 e. The van der Waals surface area contributed by atoms with Gasteiger partial charge in [0.05, 0.1) is 0 Å². The van der Waals surface area contributed by atoms with Crippen LogP contribution in [0, 0.1) is 0 Å². The van der Waals surface area contributed by atoms with Gasteiger partial charge in [-0.3, -0.25) is 0 Å². The maximum absolute atomic E-state index is 5.82. The molecule has 4 nitrogen and oxygen atoms in total. The van der Waals surface area contributed by atoms with Crippen molar-refractivity contribution in [2.24, 2.45) is 0 Å². The molecule has 6 heteroatoms. The van der Waals surface area contributed by atoms with Gasteiger partial charge in [0, 0.05) is 11.6 Å². The van der Waals surface area contributed by atoms with Crippen LogP contribution in [0.5, 0.6) is 5.19 Å². The van der Waals surface area contributed by atoms with Crippen molar-refractivity contribution in [2.45, 2.75) is 26.5 Å². The number of rotatable bonds is 7. The van der Waals surface area contributed by atoms with Crippen molar-refractivity contribution in [3.8, 4) is 5.19 Å². The van der Waals surface area contributed by atoms with Crippen LogP contribution in [-0.2, 0) is 13.2 Å². The summed E-state index contributed by atoms with van der Waals surface area (Å²) >= 11 is 7.30. The second-order valence-electron chi connectivity index (χ2n) is 4.05. The molecule has 0 aliphatic heterocycles. The predicted molar refractivity (Wildman–Crippen MR) is 77.7 cm³/mol. The van der Waals surface area contributed by atoms with Gasteiger partial charge in [-0.2, -0.15) is 0 Å². The summed E-state index contributed by atoms with van der Waals surface area (Å²) in [7, 11) is 0. The van der Waals surface area contributed by atoms with Gasteiger partial charge < -0.3 is 10.1 Å². The highest BCUT2D eigenvalue weighted by atomic mass is 35.5. The minimum Gasteiger partial charge on any atom is -0.464 e. The largest absolute Gasteiger partial charge is 0.464 e. The number of benzene rings is 1. The molecule has 0 saturated carbocycles. The molecule has 0 spiro atoms. The highest BCUT2D eigenvalue weighted by Crippen LogP contribution is 2.19. The maximum atomic E-state index is 5.82. The third kappa shape index (κ3) is 4.78. The lowest BCUT2D eigenvalue weighted by Gasteiger charge is -2.01. The monoisotopic (exact) mass is 297 g/mol. The fourth-order valence-corrected chi connectivity index (χ4v) is 2.25. The zero-order valence-corrected chi connectivity index (χ0v) is 12.3. The second-order valence-corrected chi connectivity index (χ2v) is 5.51. The fraction of sp³-hybridized carbons (Fsp3) is 0.385. The minimum atomic E-state index is 0.480. The summed E-state index contributed by atoms with van der Waals surface area (Å²) in [6.07, 6.45) is 1.11. The third-order valence-corrected chi connectivity index (χ3v) is 3.51. The molecule has 0 bridgehead atoms. The zero-order chi connectivity index (χ0) is 13.5. The normalized spacial score (nSPS) is 10.6. The first-order valence-corrected chi connectivity index (χ1v) is 7.37. The number of hydrogen-bond donors (Lipinski definition) is 1. The van der Waals surface area contributed by atoms with Crippen LogP contribution >= 0.6 is 22.9 Å². The molecule has 0 aliphatic carbocycles. The van der Waals surface area contributed by atoms with E-state index < -0.39 is 0 Å². The first kappa shape index (κ1) is 14.2. The molecule has 102 valence electrons. The maximum Gasteiger partial charge on any atom is 0.294 e. The molecule has 0 fully saturated rings. The van der Waals surface area contributed by atoms with Crippen molar-refractivity contribution in [1.29, 1.82) is 0 Å². The van der Waals surface area contributed by atoms with Gasteiger partial charge in [0.2, 0.25) is 0 Å². The van der Waals surface area contributed by atoms with Gasteiger partial charge in [-0.05, 0) is 30.7 Å². The number of hydrogen-bond acceptors (Lipinski definition) is 5. The summed E-state index contributed by atoms with van der Waals surface area (Å²) in [6, 6.07) is 7.57. The number of ether oxygens (including phenoxy) is 1. The lowest BCUT2D eigenvalue weighted by Crippen LogP contribution is -2.13. The average molecular weight is 298 g/mol. The van der Waals surface area contributed by atoms with Crippen LogP contribution in [0.25, 0.3) is 0 Å². The van der Waals surface area contributed by atoms with E-state index in [1.54, 1.807) is 0 Å².